The van der Waals surface area contributed by atoms with E-state index in [2.05, 4.69) is 5.32 Å². The van der Waals surface area contributed by atoms with Crippen molar-refractivity contribution in [2.45, 2.75) is 13.0 Å². The first-order valence-corrected chi connectivity index (χ1v) is 8.28. The van der Waals surface area contributed by atoms with Crippen molar-refractivity contribution in [3.63, 3.8) is 0 Å². The summed E-state index contributed by atoms with van der Waals surface area (Å²) in [6.45, 7) is 1.17. The Balaban J connectivity index is 1.92. The smallest absolute Gasteiger partial charge is 0.341 e. The third-order valence-corrected chi connectivity index (χ3v) is 4.28. The zero-order valence-corrected chi connectivity index (χ0v) is 15.3. The van der Waals surface area contributed by atoms with Crippen molar-refractivity contribution in [1.29, 1.82) is 0 Å². The zero-order valence-electron chi connectivity index (χ0n) is 13.0. The molecular weight excluding hydrogens is 392 g/mol. The van der Waals surface area contributed by atoms with E-state index in [0.717, 1.165) is 17.7 Å². The van der Waals surface area contributed by atoms with Gasteiger partial charge in [-0.05, 0) is 42.8 Å². The number of carbonyl (C=O) groups excluding carboxylic acids is 2. The largest absolute Gasteiger partial charge is 0.452 e. The molecule has 0 aliphatic heterocycles. The van der Waals surface area contributed by atoms with Crippen LogP contribution in [0.15, 0.2) is 36.4 Å². The van der Waals surface area contributed by atoms with Gasteiger partial charge >= 0.3 is 5.97 Å². The maximum absolute atomic E-state index is 13.6. The van der Waals surface area contributed by atoms with Crippen molar-refractivity contribution in [3.8, 4) is 0 Å². The average molecular weight is 405 g/mol. The number of amides is 1. The quantitative estimate of drug-likeness (QED) is 0.727. The molecule has 0 fully saturated rings. The van der Waals surface area contributed by atoms with Gasteiger partial charge in [0.25, 0.3) is 5.91 Å². The molecule has 0 bridgehead atoms. The number of ether oxygens (including phenoxy) is 1. The predicted octanol–water partition coefficient (Wildman–Crippen LogP) is 4.82. The molecule has 2 aromatic carbocycles. The van der Waals surface area contributed by atoms with Crippen LogP contribution >= 0.6 is 34.8 Å². The standard InChI is InChI=1S/C17H13Cl3FNO3/c1-9(10-2-4-13(19)14(20)6-10)22-16(23)8-25-17(24)12-7-11(18)3-5-15(12)21/h2-7,9H,8H2,1H3,(H,22,23). The van der Waals surface area contributed by atoms with E-state index in [9.17, 15) is 14.0 Å². The van der Waals surface area contributed by atoms with Gasteiger partial charge in [-0.1, -0.05) is 40.9 Å². The van der Waals surface area contributed by atoms with Crippen molar-refractivity contribution >= 4 is 46.7 Å². The third kappa shape index (κ3) is 5.33. The Morgan fingerprint density at radius 2 is 1.84 bits per heavy atom. The molecule has 2 aromatic rings. The normalized spacial score (nSPS) is 11.7. The molecule has 1 amide bonds. The second-order valence-electron chi connectivity index (χ2n) is 5.16. The van der Waals surface area contributed by atoms with Crippen LogP contribution in [0.3, 0.4) is 0 Å². The topological polar surface area (TPSA) is 55.4 Å². The van der Waals surface area contributed by atoms with Gasteiger partial charge in [-0.15, -0.1) is 0 Å². The van der Waals surface area contributed by atoms with Crippen LogP contribution in [0, 0.1) is 5.82 Å². The van der Waals surface area contributed by atoms with Gasteiger partial charge in [0, 0.05) is 5.02 Å². The third-order valence-electron chi connectivity index (χ3n) is 3.30. The lowest BCUT2D eigenvalue weighted by molar-refractivity contribution is -0.124. The minimum atomic E-state index is -0.975. The van der Waals surface area contributed by atoms with Crippen molar-refractivity contribution in [3.05, 3.63) is 68.4 Å². The molecule has 0 aliphatic carbocycles. The van der Waals surface area contributed by atoms with E-state index in [1.165, 1.54) is 6.07 Å². The summed E-state index contributed by atoms with van der Waals surface area (Å²) in [5.41, 5.74) is 0.396. The Labute approximate surface area is 158 Å². The summed E-state index contributed by atoms with van der Waals surface area (Å²) < 4.78 is 18.4. The molecule has 1 atom stereocenters. The molecule has 0 heterocycles. The number of hydrogen-bond donors (Lipinski definition) is 1. The molecule has 0 saturated heterocycles. The first-order valence-electron chi connectivity index (χ1n) is 7.14. The molecule has 1 unspecified atom stereocenters. The summed E-state index contributed by atoms with van der Waals surface area (Å²) >= 11 is 17.5. The number of halogens is 4. The van der Waals surface area contributed by atoms with E-state index in [4.69, 9.17) is 39.5 Å². The molecular formula is C17H13Cl3FNO3. The average Bonchev–Trinajstić information content (AvgIpc) is 2.57. The zero-order chi connectivity index (χ0) is 18.6. The van der Waals surface area contributed by atoms with Crippen LogP contribution in [-0.4, -0.2) is 18.5 Å². The van der Waals surface area contributed by atoms with Crippen LogP contribution in [0.2, 0.25) is 15.1 Å². The van der Waals surface area contributed by atoms with Gasteiger partial charge in [0.05, 0.1) is 21.7 Å². The second-order valence-corrected chi connectivity index (χ2v) is 6.41. The van der Waals surface area contributed by atoms with Crippen molar-refractivity contribution in [1.82, 2.24) is 5.32 Å². The highest BCUT2D eigenvalue weighted by Crippen LogP contribution is 2.25. The molecule has 0 saturated carbocycles. The molecule has 4 nitrogen and oxygen atoms in total. The number of rotatable bonds is 5. The minimum absolute atomic E-state index is 0.186. The van der Waals surface area contributed by atoms with E-state index < -0.39 is 24.3 Å². The van der Waals surface area contributed by atoms with Gasteiger partial charge in [-0.25, -0.2) is 9.18 Å². The molecule has 2 rings (SSSR count). The van der Waals surface area contributed by atoms with Crippen LogP contribution in [0.4, 0.5) is 4.39 Å². The summed E-state index contributed by atoms with van der Waals surface area (Å²) in [6, 6.07) is 8.06. The molecule has 8 heteroatoms. The van der Waals surface area contributed by atoms with Gasteiger partial charge in [-0.3, -0.25) is 4.79 Å². The van der Waals surface area contributed by atoms with E-state index in [-0.39, 0.29) is 16.6 Å². The van der Waals surface area contributed by atoms with E-state index in [1.54, 1.807) is 25.1 Å². The predicted molar refractivity (Wildman–Crippen MR) is 94.7 cm³/mol. The maximum atomic E-state index is 13.6. The molecule has 1 N–H and O–H groups in total. The van der Waals surface area contributed by atoms with E-state index in [0.29, 0.717) is 10.0 Å². The van der Waals surface area contributed by atoms with Crippen molar-refractivity contribution < 1.29 is 18.7 Å². The Morgan fingerprint density at radius 3 is 2.52 bits per heavy atom. The number of carbonyl (C=O) groups is 2. The Bertz CT molecular complexity index is 814. The van der Waals surface area contributed by atoms with Gasteiger partial charge < -0.3 is 10.1 Å². The summed E-state index contributed by atoms with van der Waals surface area (Å²) in [4.78, 5) is 23.7. The highest BCUT2D eigenvalue weighted by Gasteiger charge is 2.17. The van der Waals surface area contributed by atoms with Gasteiger partial charge in [0.1, 0.15) is 5.82 Å². The Kier molecular flexibility index (Phi) is 6.64. The number of esters is 1. The monoisotopic (exact) mass is 403 g/mol. The van der Waals surface area contributed by atoms with Crippen LogP contribution in [0.1, 0.15) is 28.9 Å². The van der Waals surface area contributed by atoms with Gasteiger partial charge in [0.2, 0.25) is 0 Å². The molecule has 0 spiro atoms. The fourth-order valence-electron chi connectivity index (χ4n) is 2.01. The highest BCUT2D eigenvalue weighted by atomic mass is 35.5. The summed E-state index contributed by atoms with van der Waals surface area (Å²) in [6.07, 6.45) is 0. The fourth-order valence-corrected chi connectivity index (χ4v) is 2.49. The van der Waals surface area contributed by atoms with Crippen LogP contribution < -0.4 is 5.32 Å². The van der Waals surface area contributed by atoms with Crippen LogP contribution in [-0.2, 0) is 9.53 Å². The molecule has 0 aliphatic rings. The Hall–Kier alpha value is -1.82. The van der Waals surface area contributed by atoms with Crippen molar-refractivity contribution in [2.75, 3.05) is 6.61 Å². The molecule has 0 aromatic heterocycles. The van der Waals surface area contributed by atoms with Gasteiger partial charge in [0.15, 0.2) is 6.61 Å². The molecule has 0 radical (unpaired) electrons. The first-order chi connectivity index (χ1) is 11.8. The van der Waals surface area contributed by atoms with Crippen LogP contribution in [0.25, 0.3) is 0 Å². The summed E-state index contributed by atoms with van der Waals surface area (Å²) in [5, 5.41) is 3.59. The van der Waals surface area contributed by atoms with E-state index >= 15 is 0 Å². The van der Waals surface area contributed by atoms with Gasteiger partial charge in [-0.2, -0.15) is 0 Å². The number of nitrogens with one attached hydrogen (secondary N) is 1. The summed E-state index contributed by atoms with van der Waals surface area (Å²) in [5.74, 6) is -2.30. The van der Waals surface area contributed by atoms with E-state index in [1.807, 2.05) is 0 Å². The van der Waals surface area contributed by atoms with Crippen molar-refractivity contribution in [2.24, 2.45) is 0 Å². The summed E-state index contributed by atoms with van der Waals surface area (Å²) in [7, 11) is 0. The fraction of sp³-hybridized carbons (Fsp3) is 0.176. The Morgan fingerprint density at radius 1 is 1.12 bits per heavy atom. The lowest BCUT2D eigenvalue weighted by Gasteiger charge is -2.15. The maximum Gasteiger partial charge on any atom is 0.341 e. The lowest BCUT2D eigenvalue weighted by atomic mass is 10.1. The first kappa shape index (κ1) is 19.5. The second kappa shape index (κ2) is 8.52. The number of hydrogen-bond acceptors (Lipinski definition) is 3. The number of benzene rings is 2. The minimum Gasteiger partial charge on any atom is -0.452 e. The SMILES string of the molecule is CC(NC(=O)COC(=O)c1cc(Cl)ccc1F)c1ccc(Cl)c(Cl)c1. The molecule has 25 heavy (non-hydrogen) atoms. The highest BCUT2D eigenvalue weighted by molar-refractivity contribution is 6.42. The molecule has 132 valence electrons. The lowest BCUT2D eigenvalue weighted by Crippen LogP contribution is -2.31. The van der Waals surface area contributed by atoms with Crippen LogP contribution in [0.5, 0.6) is 0 Å².